The number of piperazine rings is 1. The third-order valence-corrected chi connectivity index (χ3v) is 4.97. The summed E-state index contributed by atoms with van der Waals surface area (Å²) in [6.07, 6.45) is 1.22. The fraction of sp³-hybridized carbons (Fsp3) is 0.684. The van der Waals surface area contributed by atoms with Gasteiger partial charge in [-0.05, 0) is 44.5 Å². The van der Waals surface area contributed by atoms with E-state index in [-0.39, 0.29) is 12.6 Å². The van der Waals surface area contributed by atoms with Gasteiger partial charge in [-0.25, -0.2) is 0 Å². The minimum absolute atomic E-state index is 0.129. The highest BCUT2D eigenvalue weighted by atomic mass is 16.3. The Labute approximate surface area is 141 Å². The number of aliphatic hydroxyl groups excluding tert-OH is 1. The number of nitrogens with zero attached hydrogens (tertiary/aromatic N) is 3. The van der Waals surface area contributed by atoms with Crippen molar-refractivity contribution < 1.29 is 5.11 Å². The Hall–Kier alpha value is -1.10. The molecule has 4 nitrogen and oxygen atoms in total. The molecule has 1 atom stereocenters. The average Bonchev–Trinajstić information content (AvgIpc) is 2.60. The van der Waals surface area contributed by atoms with Crippen molar-refractivity contribution in [3.63, 3.8) is 0 Å². The summed E-state index contributed by atoms with van der Waals surface area (Å²) in [6, 6.07) is 8.89. The summed E-state index contributed by atoms with van der Waals surface area (Å²) in [5.74, 6) is 0. The molecule has 1 N–H and O–H groups in total. The highest BCUT2D eigenvalue weighted by Gasteiger charge is 2.24. The van der Waals surface area contributed by atoms with E-state index in [2.05, 4.69) is 59.7 Å². The molecule has 1 aromatic rings. The molecule has 1 saturated heterocycles. The number of anilines is 1. The second-order valence-electron chi connectivity index (χ2n) is 6.34. The molecule has 1 fully saturated rings. The summed E-state index contributed by atoms with van der Waals surface area (Å²) < 4.78 is 0. The van der Waals surface area contributed by atoms with Crippen LogP contribution in [-0.4, -0.2) is 67.3 Å². The van der Waals surface area contributed by atoms with Crippen LogP contribution in [0.3, 0.4) is 0 Å². The number of benzene rings is 1. The number of hydrogen-bond donors (Lipinski definition) is 1. The Bertz CT molecular complexity index is 436. The van der Waals surface area contributed by atoms with Gasteiger partial charge in [-0.2, -0.15) is 0 Å². The van der Waals surface area contributed by atoms with Crippen LogP contribution in [0, 0.1) is 0 Å². The number of rotatable bonds is 8. The molecule has 0 aliphatic carbocycles. The van der Waals surface area contributed by atoms with E-state index in [0.717, 1.165) is 39.3 Å². The van der Waals surface area contributed by atoms with Crippen LogP contribution in [0.15, 0.2) is 24.3 Å². The van der Waals surface area contributed by atoms with Gasteiger partial charge >= 0.3 is 0 Å². The predicted octanol–water partition coefficient (Wildman–Crippen LogP) is 2.59. The lowest BCUT2D eigenvalue weighted by molar-refractivity contribution is 0.0651. The fourth-order valence-corrected chi connectivity index (χ4v) is 3.54. The molecule has 0 aromatic heterocycles. The van der Waals surface area contributed by atoms with Gasteiger partial charge in [0.25, 0.3) is 0 Å². The van der Waals surface area contributed by atoms with Crippen LogP contribution in [-0.2, 0) is 0 Å². The highest BCUT2D eigenvalue weighted by molar-refractivity contribution is 5.47. The first kappa shape index (κ1) is 18.2. The Balaban J connectivity index is 2.01. The molecule has 4 heteroatoms. The van der Waals surface area contributed by atoms with Crippen LogP contribution in [0.2, 0.25) is 0 Å². The summed E-state index contributed by atoms with van der Waals surface area (Å²) in [5, 5.41) is 9.91. The maximum atomic E-state index is 9.91. The Morgan fingerprint density at radius 3 is 2.09 bits per heavy atom. The number of hydrogen-bond acceptors (Lipinski definition) is 4. The van der Waals surface area contributed by atoms with E-state index in [4.69, 9.17) is 0 Å². The van der Waals surface area contributed by atoms with Crippen molar-refractivity contribution in [2.45, 2.75) is 33.2 Å². The molecule has 23 heavy (non-hydrogen) atoms. The minimum Gasteiger partial charge on any atom is -0.394 e. The van der Waals surface area contributed by atoms with Crippen molar-refractivity contribution >= 4 is 5.69 Å². The van der Waals surface area contributed by atoms with Gasteiger partial charge in [0.2, 0.25) is 0 Å². The molecular weight excluding hydrogens is 286 g/mol. The molecule has 1 heterocycles. The lowest BCUT2D eigenvalue weighted by atomic mass is 10.0. The van der Waals surface area contributed by atoms with Crippen LogP contribution in [0.1, 0.15) is 38.8 Å². The van der Waals surface area contributed by atoms with Crippen LogP contribution in [0.25, 0.3) is 0 Å². The summed E-state index contributed by atoms with van der Waals surface area (Å²) in [7, 11) is 0. The van der Waals surface area contributed by atoms with Crippen molar-refractivity contribution in [3.8, 4) is 0 Å². The third-order valence-electron chi connectivity index (χ3n) is 4.97. The zero-order chi connectivity index (χ0) is 16.7. The molecule has 0 bridgehead atoms. The smallest absolute Gasteiger partial charge is 0.0628 e. The molecule has 130 valence electrons. The van der Waals surface area contributed by atoms with E-state index < -0.39 is 0 Å². The summed E-state index contributed by atoms with van der Waals surface area (Å²) >= 11 is 0. The van der Waals surface area contributed by atoms with E-state index in [1.54, 1.807) is 0 Å². The van der Waals surface area contributed by atoms with Crippen LogP contribution < -0.4 is 4.90 Å². The number of aliphatic hydroxyl groups is 1. The first-order valence-electron chi connectivity index (χ1n) is 9.15. The molecule has 1 aromatic carbocycles. The fourth-order valence-electron chi connectivity index (χ4n) is 3.54. The van der Waals surface area contributed by atoms with E-state index >= 15 is 0 Å². The lowest BCUT2D eigenvalue weighted by Crippen LogP contribution is -2.48. The molecule has 1 aliphatic rings. The minimum atomic E-state index is 0.129. The largest absolute Gasteiger partial charge is 0.394 e. The molecule has 1 aliphatic heterocycles. The predicted molar refractivity (Wildman–Crippen MR) is 98.1 cm³/mol. The van der Waals surface area contributed by atoms with Gasteiger partial charge < -0.3 is 14.9 Å². The Kier molecular flexibility index (Phi) is 7.34. The summed E-state index contributed by atoms with van der Waals surface area (Å²) in [5.41, 5.74) is 2.50. The second kappa shape index (κ2) is 9.26. The van der Waals surface area contributed by atoms with Crippen LogP contribution in [0.4, 0.5) is 5.69 Å². The maximum Gasteiger partial charge on any atom is 0.0628 e. The van der Waals surface area contributed by atoms with Crippen molar-refractivity contribution in [2.24, 2.45) is 0 Å². The zero-order valence-electron chi connectivity index (χ0n) is 15.0. The maximum absolute atomic E-state index is 9.91. The quantitative estimate of drug-likeness (QED) is 0.798. The van der Waals surface area contributed by atoms with Gasteiger partial charge in [-0.1, -0.05) is 19.1 Å². The van der Waals surface area contributed by atoms with E-state index in [9.17, 15) is 5.11 Å². The zero-order valence-corrected chi connectivity index (χ0v) is 15.0. The summed E-state index contributed by atoms with van der Waals surface area (Å²) in [4.78, 5) is 7.30. The van der Waals surface area contributed by atoms with Gasteiger partial charge in [-0.15, -0.1) is 0 Å². The monoisotopic (exact) mass is 319 g/mol. The average molecular weight is 319 g/mol. The van der Waals surface area contributed by atoms with Gasteiger partial charge in [-0.3, -0.25) is 4.90 Å². The molecule has 0 saturated carbocycles. The van der Waals surface area contributed by atoms with Crippen LogP contribution in [0.5, 0.6) is 0 Å². The highest BCUT2D eigenvalue weighted by Crippen LogP contribution is 2.24. The van der Waals surface area contributed by atoms with Crippen molar-refractivity contribution in [1.82, 2.24) is 9.80 Å². The molecule has 0 radical (unpaired) electrons. The Morgan fingerprint density at radius 1 is 1.00 bits per heavy atom. The summed E-state index contributed by atoms with van der Waals surface area (Å²) in [6.45, 7) is 14.4. The van der Waals surface area contributed by atoms with Gasteiger partial charge in [0, 0.05) is 45.0 Å². The lowest BCUT2D eigenvalue weighted by Gasteiger charge is -2.39. The topological polar surface area (TPSA) is 30.0 Å². The second-order valence-corrected chi connectivity index (χ2v) is 6.34. The SMILES string of the molecule is CCCN1CCN(C(CO)c2ccc(N(CC)CC)cc2)CC1. The van der Waals surface area contributed by atoms with E-state index in [0.29, 0.717) is 0 Å². The van der Waals surface area contributed by atoms with Crippen molar-refractivity contribution in [3.05, 3.63) is 29.8 Å². The third kappa shape index (κ3) is 4.69. The first-order valence-corrected chi connectivity index (χ1v) is 9.15. The molecule has 1 unspecified atom stereocenters. The molecular formula is C19H33N3O. The normalized spacial score (nSPS) is 18.1. The van der Waals surface area contributed by atoms with Gasteiger partial charge in [0.15, 0.2) is 0 Å². The first-order chi connectivity index (χ1) is 11.2. The van der Waals surface area contributed by atoms with Crippen molar-refractivity contribution in [2.75, 3.05) is 57.3 Å². The van der Waals surface area contributed by atoms with Gasteiger partial charge in [0.05, 0.1) is 12.6 Å². The Morgan fingerprint density at radius 2 is 1.61 bits per heavy atom. The van der Waals surface area contributed by atoms with Crippen molar-refractivity contribution in [1.29, 1.82) is 0 Å². The van der Waals surface area contributed by atoms with E-state index in [1.807, 2.05) is 0 Å². The van der Waals surface area contributed by atoms with E-state index in [1.165, 1.54) is 24.2 Å². The molecule has 0 spiro atoms. The molecule has 2 rings (SSSR count). The standard InChI is InChI=1S/C19H33N3O/c1-4-11-20-12-14-22(15-13-20)19(16-23)17-7-9-18(10-8-17)21(5-2)6-3/h7-10,19,23H,4-6,11-16H2,1-3H3. The van der Waals surface area contributed by atoms with Gasteiger partial charge in [0.1, 0.15) is 0 Å². The van der Waals surface area contributed by atoms with Crippen LogP contribution >= 0.6 is 0 Å². The molecule has 0 amide bonds.